The number of likely N-dealkylation sites (N-methyl/N-ethyl adjacent to an activating group) is 1. The summed E-state index contributed by atoms with van der Waals surface area (Å²) in [5, 5.41) is 8.86. The molecule has 12 nitrogen and oxygen atoms in total. The van der Waals surface area contributed by atoms with Gasteiger partial charge in [0.25, 0.3) is 5.91 Å². The summed E-state index contributed by atoms with van der Waals surface area (Å²) < 4.78 is 5.53. The molecule has 1 aromatic heterocycles. The molecule has 0 saturated carbocycles. The number of benzene rings is 1. The number of hydrogen-bond acceptors (Lipinski definition) is 11. The Morgan fingerprint density at radius 2 is 1.89 bits per heavy atom. The van der Waals surface area contributed by atoms with Gasteiger partial charge in [-0.15, -0.1) is 0 Å². The van der Waals surface area contributed by atoms with Crippen LogP contribution < -0.4 is 20.2 Å². The summed E-state index contributed by atoms with van der Waals surface area (Å²) in [6, 6.07) is 8.04. The van der Waals surface area contributed by atoms with Gasteiger partial charge >= 0.3 is 0 Å². The van der Waals surface area contributed by atoms with Gasteiger partial charge in [-0.25, -0.2) is 15.4 Å². The standard InChI is InChI=1S/C25H33N9O3/c1-26-16-19(25(35)31-36)17-28-10-11-33(5)23-21(27-2)24(34-12-14-37-15-13-34)30-22(29-23)18-6-8-20(9-7-18)32(3)4/h6-9,16-17,36H,1-2,10-15H2,3-5H3,(H,31,35)/b19-16+,28-17?. The maximum atomic E-state index is 11.7. The van der Waals surface area contributed by atoms with Gasteiger partial charge in [0.15, 0.2) is 17.5 Å². The third-order valence-corrected chi connectivity index (χ3v) is 5.71. The number of ether oxygens (including phenoxy) is 1. The molecule has 1 aliphatic heterocycles. The van der Waals surface area contributed by atoms with Gasteiger partial charge < -0.3 is 19.4 Å². The Hall–Kier alpha value is -4.16. The molecule has 1 fully saturated rings. The molecule has 196 valence electrons. The number of morpholine rings is 1. The molecule has 1 saturated heterocycles. The van der Waals surface area contributed by atoms with Crippen molar-refractivity contribution in [1.29, 1.82) is 0 Å². The van der Waals surface area contributed by atoms with E-state index >= 15 is 0 Å². The third-order valence-electron chi connectivity index (χ3n) is 5.71. The molecule has 1 amide bonds. The molecule has 3 rings (SSSR count). The highest BCUT2D eigenvalue weighted by atomic mass is 16.5. The molecule has 0 spiro atoms. The Bertz CT molecular complexity index is 1160. The minimum Gasteiger partial charge on any atom is -0.378 e. The van der Waals surface area contributed by atoms with E-state index in [0.29, 0.717) is 62.5 Å². The summed E-state index contributed by atoms with van der Waals surface area (Å²) in [7, 11) is 5.87. The van der Waals surface area contributed by atoms with E-state index in [-0.39, 0.29) is 5.57 Å². The van der Waals surface area contributed by atoms with Crippen molar-refractivity contribution < 1.29 is 14.7 Å². The summed E-state index contributed by atoms with van der Waals surface area (Å²) in [5.74, 6) is 1.17. The van der Waals surface area contributed by atoms with Crippen LogP contribution in [0.1, 0.15) is 0 Å². The van der Waals surface area contributed by atoms with Crippen LogP contribution in [0.4, 0.5) is 23.0 Å². The first kappa shape index (κ1) is 27.4. The van der Waals surface area contributed by atoms with Crippen LogP contribution in [0.3, 0.4) is 0 Å². The van der Waals surface area contributed by atoms with Crippen LogP contribution in [0.25, 0.3) is 11.4 Å². The average molecular weight is 508 g/mol. The topological polar surface area (TPSA) is 131 Å². The van der Waals surface area contributed by atoms with Crippen LogP contribution >= 0.6 is 0 Å². The van der Waals surface area contributed by atoms with Gasteiger partial charge in [0.2, 0.25) is 0 Å². The van der Waals surface area contributed by atoms with Crippen molar-refractivity contribution >= 4 is 48.6 Å². The molecule has 2 N–H and O–H groups in total. The van der Waals surface area contributed by atoms with Crippen LogP contribution in [0.5, 0.6) is 0 Å². The fourth-order valence-electron chi connectivity index (χ4n) is 3.66. The molecule has 1 aliphatic rings. The zero-order valence-electron chi connectivity index (χ0n) is 21.5. The fourth-order valence-corrected chi connectivity index (χ4v) is 3.66. The number of anilines is 3. The monoisotopic (exact) mass is 507 g/mol. The second-order valence-electron chi connectivity index (χ2n) is 8.41. The molecular formula is C25H33N9O3. The number of nitrogens with one attached hydrogen (secondary N) is 1. The van der Waals surface area contributed by atoms with Crippen LogP contribution in [-0.4, -0.2) is 101 Å². The highest BCUT2D eigenvalue weighted by Crippen LogP contribution is 2.37. The maximum Gasteiger partial charge on any atom is 0.277 e. The molecule has 0 aliphatic carbocycles. The summed E-state index contributed by atoms with van der Waals surface area (Å²) in [5.41, 5.74) is 4.17. The molecule has 1 aromatic carbocycles. The molecule has 2 heterocycles. The number of aliphatic imine (C=N–C) groups is 3. The number of rotatable bonds is 11. The number of amides is 1. The van der Waals surface area contributed by atoms with E-state index in [1.165, 1.54) is 12.4 Å². The third kappa shape index (κ3) is 6.96. The van der Waals surface area contributed by atoms with E-state index in [1.54, 1.807) is 5.48 Å². The molecule has 2 aromatic rings. The van der Waals surface area contributed by atoms with Crippen molar-refractivity contribution in [3.8, 4) is 11.4 Å². The van der Waals surface area contributed by atoms with Gasteiger partial charge in [-0.05, 0) is 37.7 Å². The van der Waals surface area contributed by atoms with E-state index in [1.807, 2.05) is 55.2 Å². The fraction of sp³-hybridized carbons (Fsp3) is 0.360. The molecular weight excluding hydrogens is 474 g/mol. The van der Waals surface area contributed by atoms with E-state index in [9.17, 15) is 4.79 Å². The predicted molar refractivity (Wildman–Crippen MR) is 148 cm³/mol. The van der Waals surface area contributed by atoms with Gasteiger partial charge in [-0.2, -0.15) is 0 Å². The Kier molecular flexibility index (Phi) is 9.81. The highest BCUT2D eigenvalue weighted by Gasteiger charge is 2.23. The number of hydroxylamine groups is 1. The molecule has 0 bridgehead atoms. The second-order valence-corrected chi connectivity index (χ2v) is 8.41. The lowest BCUT2D eigenvalue weighted by Gasteiger charge is -2.30. The van der Waals surface area contributed by atoms with Crippen molar-refractivity contribution in [2.45, 2.75) is 0 Å². The number of hydrogen-bond donors (Lipinski definition) is 2. The van der Waals surface area contributed by atoms with Crippen LogP contribution in [-0.2, 0) is 9.53 Å². The van der Waals surface area contributed by atoms with Crippen LogP contribution in [0, 0.1) is 0 Å². The lowest BCUT2D eigenvalue weighted by molar-refractivity contribution is -0.124. The van der Waals surface area contributed by atoms with Gasteiger partial charge in [-0.1, -0.05) is 0 Å². The van der Waals surface area contributed by atoms with Crippen molar-refractivity contribution in [3.05, 3.63) is 36.0 Å². The van der Waals surface area contributed by atoms with E-state index in [4.69, 9.17) is 19.9 Å². The first-order valence-corrected chi connectivity index (χ1v) is 11.7. The lowest BCUT2D eigenvalue weighted by atomic mass is 10.2. The lowest BCUT2D eigenvalue weighted by Crippen LogP contribution is -2.37. The van der Waals surface area contributed by atoms with Crippen molar-refractivity contribution in [1.82, 2.24) is 15.4 Å². The zero-order valence-corrected chi connectivity index (χ0v) is 21.5. The Morgan fingerprint density at radius 3 is 2.49 bits per heavy atom. The van der Waals surface area contributed by atoms with E-state index in [2.05, 4.69) is 33.3 Å². The Morgan fingerprint density at radius 1 is 1.19 bits per heavy atom. The average Bonchev–Trinajstić information content (AvgIpc) is 2.93. The van der Waals surface area contributed by atoms with Crippen LogP contribution in [0.2, 0.25) is 0 Å². The quantitative estimate of drug-likeness (QED) is 0.204. The minimum absolute atomic E-state index is 0.0775. The van der Waals surface area contributed by atoms with E-state index in [0.717, 1.165) is 11.3 Å². The smallest absolute Gasteiger partial charge is 0.277 e. The Balaban J connectivity index is 1.93. The minimum atomic E-state index is -0.724. The highest BCUT2D eigenvalue weighted by molar-refractivity contribution is 6.11. The summed E-state index contributed by atoms with van der Waals surface area (Å²) in [6.07, 6.45) is 2.54. The van der Waals surface area contributed by atoms with Gasteiger partial charge in [-0.3, -0.25) is 25.0 Å². The summed E-state index contributed by atoms with van der Waals surface area (Å²) >= 11 is 0. The van der Waals surface area contributed by atoms with E-state index < -0.39 is 5.91 Å². The SMILES string of the molecule is C=N/C=C(\C=NCCN(C)c1nc(-c2ccc(N(C)C)cc2)nc(N2CCOCC2)c1N=C)C(=O)NO. The number of aromatic nitrogens is 2. The first-order chi connectivity index (χ1) is 17.9. The van der Waals surface area contributed by atoms with Gasteiger partial charge in [0, 0.05) is 64.4 Å². The number of carbonyl (C=O) groups excluding carboxylic acids is 1. The number of nitrogens with zero attached hydrogens (tertiary/aromatic N) is 8. The molecule has 0 unspecified atom stereocenters. The van der Waals surface area contributed by atoms with Crippen molar-refractivity contribution in [2.24, 2.45) is 15.0 Å². The normalized spacial score (nSPS) is 13.9. The molecule has 37 heavy (non-hydrogen) atoms. The zero-order chi connectivity index (χ0) is 26.8. The number of carbonyl (C=O) groups is 1. The van der Waals surface area contributed by atoms with Crippen molar-refractivity contribution in [2.75, 3.05) is 75.2 Å². The summed E-state index contributed by atoms with van der Waals surface area (Å²) in [6.45, 7) is 10.5. The molecule has 0 atom stereocenters. The van der Waals surface area contributed by atoms with Gasteiger partial charge in [0.05, 0.1) is 25.3 Å². The predicted octanol–water partition coefficient (Wildman–Crippen LogP) is 1.98. The molecule has 0 radical (unpaired) electrons. The largest absolute Gasteiger partial charge is 0.378 e. The summed E-state index contributed by atoms with van der Waals surface area (Å²) in [4.78, 5) is 39.7. The Labute approximate surface area is 216 Å². The second kappa shape index (κ2) is 13.2. The van der Waals surface area contributed by atoms with Crippen molar-refractivity contribution in [3.63, 3.8) is 0 Å². The van der Waals surface area contributed by atoms with Crippen LogP contribution in [0.15, 0.2) is 51.0 Å². The maximum absolute atomic E-state index is 11.7. The first-order valence-electron chi connectivity index (χ1n) is 11.7. The van der Waals surface area contributed by atoms with Gasteiger partial charge in [0.1, 0.15) is 5.69 Å². The molecule has 12 heteroatoms.